The summed E-state index contributed by atoms with van der Waals surface area (Å²) in [5, 5.41) is 3.93. The van der Waals surface area contributed by atoms with Crippen molar-refractivity contribution in [1.29, 1.82) is 0 Å². The van der Waals surface area contributed by atoms with Gasteiger partial charge in [0.15, 0.2) is 11.9 Å². The van der Waals surface area contributed by atoms with E-state index in [1.807, 2.05) is 20.8 Å². The van der Waals surface area contributed by atoms with Crippen LogP contribution in [0.3, 0.4) is 0 Å². The van der Waals surface area contributed by atoms with Crippen LogP contribution in [-0.2, 0) is 10.2 Å². The molecule has 2 aromatic rings. The average molecular weight is 330 g/mol. The van der Waals surface area contributed by atoms with E-state index in [0.29, 0.717) is 23.7 Å². The summed E-state index contributed by atoms with van der Waals surface area (Å²) in [7, 11) is 0. The van der Waals surface area contributed by atoms with Gasteiger partial charge in [-0.1, -0.05) is 38.6 Å². The molecule has 1 aromatic heterocycles. The monoisotopic (exact) mass is 330 g/mol. The first-order valence-electron chi connectivity index (χ1n) is 7.70. The second-order valence-electron chi connectivity index (χ2n) is 6.38. The predicted molar refractivity (Wildman–Crippen MR) is 89.0 cm³/mol. The molecule has 0 aliphatic rings. The van der Waals surface area contributed by atoms with Crippen LogP contribution in [0, 0.1) is 0 Å². The smallest absolute Gasteiger partial charge is 0.338 e. The van der Waals surface area contributed by atoms with Gasteiger partial charge in [-0.15, -0.1) is 0 Å². The molecule has 0 radical (unpaired) electrons. The SMILES string of the molecule is C=CCOc1ccc(C(=O)OC(C)c2nc(C(C)(C)C)no2)cc1. The number of hydrogen-bond donors (Lipinski definition) is 0. The Balaban J connectivity index is 2.00. The molecule has 0 saturated heterocycles. The molecule has 1 unspecified atom stereocenters. The van der Waals surface area contributed by atoms with Crippen molar-refractivity contribution in [3.63, 3.8) is 0 Å². The van der Waals surface area contributed by atoms with Gasteiger partial charge in [0.25, 0.3) is 5.89 Å². The molecule has 0 amide bonds. The molecule has 1 heterocycles. The fraction of sp³-hybridized carbons (Fsp3) is 0.389. The molecule has 2 rings (SSSR count). The van der Waals surface area contributed by atoms with Crippen LogP contribution in [0.2, 0.25) is 0 Å². The molecule has 0 bridgehead atoms. The summed E-state index contributed by atoms with van der Waals surface area (Å²) in [4.78, 5) is 16.5. The maximum atomic E-state index is 12.2. The molecule has 0 saturated carbocycles. The number of aromatic nitrogens is 2. The van der Waals surface area contributed by atoms with Crippen LogP contribution in [0.4, 0.5) is 0 Å². The lowest BCUT2D eigenvalue weighted by Gasteiger charge is -2.12. The number of benzene rings is 1. The Hall–Kier alpha value is -2.63. The first-order chi connectivity index (χ1) is 11.3. The first-order valence-corrected chi connectivity index (χ1v) is 7.70. The van der Waals surface area contributed by atoms with E-state index >= 15 is 0 Å². The second kappa shape index (κ2) is 7.29. The van der Waals surface area contributed by atoms with Gasteiger partial charge in [-0.05, 0) is 31.2 Å². The van der Waals surface area contributed by atoms with Crippen LogP contribution in [0.5, 0.6) is 5.75 Å². The van der Waals surface area contributed by atoms with Crippen LogP contribution in [-0.4, -0.2) is 22.7 Å². The number of nitrogens with zero attached hydrogens (tertiary/aromatic N) is 2. The molecule has 1 aromatic carbocycles. The summed E-state index contributed by atoms with van der Waals surface area (Å²) in [6, 6.07) is 6.69. The van der Waals surface area contributed by atoms with Gasteiger partial charge in [0.2, 0.25) is 0 Å². The fourth-order valence-electron chi connectivity index (χ4n) is 1.83. The van der Waals surface area contributed by atoms with Crippen molar-refractivity contribution >= 4 is 5.97 Å². The van der Waals surface area contributed by atoms with Crippen LogP contribution in [0.1, 0.15) is 55.9 Å². The number of carbonyl (C=O) groups is 1. The second-order valence-corrected chi connectivity index (χ2v) is 6.38. The molecule has 1 atom stereocenters. The Kier molecular flexibility index (Phi) is 5.39. The van der Waals surface area contributed by atoms with Crippen molar-refractivity contribution in [2.45, 2.75) is 39.2 Å². The lowest BCUT2D eigenvalue weighted by Crippen LogP contribution is -2.14. The zero-order chi connectivity index (χ0) is 17.7. The van der Waals surface area contributed by atoms with Gasteiger partial charge in [0, 0.05) is 5.41 Å². The molecule has 0 spiro atoms. The quantitative estimate of drug-likeness (QED) is 0.591. The molecular formula is C18H22N2O4. The number of rotatable bonds is 6. The molecule has 0 fully saturated rings. The van der Waals surface area contributed by atoms with Gasteiger partial charge >= 0.3 is 5.97 Å². The van der Waals surface area contributed by atoms with Gasteiger partial charge < -0.3 is 14.0 Å². The minimum Gasteiger partial charge on any atom is -0.490 e. The summed E-state index contributed by atoms with van der Waals surface area (Å²) in [6.45, 7) is 11.6. The van der Waals surface area contributed by atoms with Crippen LogP contribution in [0.15, 0.2) is 41.4 Å². The van der Waals surface area contributed by atoms with Crippen molar-refractivity contribution in [3.05, 3.63) is 54.2 Å². The summed E-state index contributed by atoms with van der Waals surface area (Å²) in [5.41, 5.74) is 0.190. The molecule has 6 heteroatoms. The Labute approximate surface area is 141 Å². The Bertz CT molecular complexity index is 699. The molecular weight excluding hydrogens is 308 g/mol. The van der Waals surface area contributed by atoms with Gasteiger partial charge in [-0.3, -0.25) is 0 Å². The van der Waals surface area contributed by atoms with Crippen LogP contribution >= 0.6 is 0 Å². The molecule has 24 heavy (non-hydrogen) atoms. The molecule has 6 nitrogen and oxygen atoms in total. The molecule has 128 valence electrons. The van der Waals surface area contributed by atoms with Gasteiger partial charge in [0.1, 0.15) is 12.4 Å². The lowest BCUT2D eigenvalue weighted by atomic mass is 9.96. The third-order valence-electron chi connectivity index (χ3n) is 3.20. The number of esters is 1. The summed E-state index contributed by atoms with van der Waals surface area (Å²) in [6.07, 6.45) is 1.03. The minimum absolute atomic E-state index is 0.229. The fourth-order valence-corrected chi connectivity index (χ4v) is 1.83. The number of carbonyl (C=O) groups excluding carboxylic acids is 1. The van der Waals surface area contributed by atoms with E-state index in [-0.39, 0.29) is 11.3 Å². The third kappa shape index (κ3) is 4.44. The zero-order valence-electron chi connectivity index (χ0n) is 14.4. The van der Waals surface area contributed by atoms with E-state index < -0.39 is 12.1 Å². The van der Waals surface area contributed by atoms with Crippen molar-refractivity contribution in [1.82, 2.24) is 10.1 Å². The van der Waals surface area contributed by atoms with Crippen molar-refractivity contribution in [2.75, 3.05) is 6.61 Å². The number of hydrogen-bond acceptors (Lipinski definition) is 6. The van der Waals surface area contributed by atoms with E-state index in [4.69, 9.17) is 14.0 Å². The summed E-state index contributed by atoms with van der Waals surface area (Å²) < 4.78 is 15.9. The Morgan fingerprint density at radius 1 is 1.33 bits per heavy atom. The highest BCUT2D eigenvalue weighted by Gasteiger charge is 2.25. The van der Waals surface area contributed by atoms with E-state index in [9.17, 15) is 4.79 Å². The van der Waals surface area contributed by atoms with E-state index in [1.165, 1.54) is 0 Å². The van der Waals surface area contributed by atoms with Crippen molar-refractivity contribution < 1.29 is 18.8 Å². The van der Waals surface area contributed by atoms with Crippen LogP contribution in [0.25, 0.3) is 0 Å². The predicted octanol–water partition coefficient (Wildman–Crippen LogP) is 3.85. The third-order valence-corrected chi connectivity index (χ3v) is 3.20. The maximum absolute atomic E-state index is 12.2. The van der Waals surface area contributed by atoms with Gasteiger partial charge in [-0.2, -0.15) is 4.98 Å². The highest BCUT2D eigenvalue weighted by molar-refractivity contribution is 5.89. The molecule has 0 N–H and O–H groups in total. The highest BCUT2D eigenvalue weighted by atomic mass is 16.6. The topological polar surface area (TPSA) is 74.5 Å². The lowest BCUT2D eigenvalue weighted by molar-refractivity contribution is 0.0265. The normalized spacial score (nSPS) is 12.5. The van der Waals surface area contributed by atoms with E-state index in [0.717, 1.165) is 0 Å². The van der Waals surface area contributed by atoms with Gasteiger partial charge in [0.05, 0.1) is 5.56 Å². The number of ether oxygens (including phenoxy) is 2. The Morgan fingerprint density at radius 2 is 2.00 bits per heavy atom. The summed E-state index contributed by atoms with van der Waals surface area (Å²) in [5.74, 6) is 1.04. The van der Waals surface area contributed by atoms with E-state index in [2.05, 4.69) is 16.7 Å². The average Bonchev–Trinajstić information content (AvgIpc) is 3.03. The molecule has 0 aliphatic heterocycles. The van der Waals surface area contributed by atoms with Crippen LogP contribution < -0.4 is 4.74 Å². The van der Waals surface area contributed by atoms with Crippen molar-refractivity contribution in [3.8, 4) is 5.75 Å². The largest absolute Gasteiger partial charge is 0.490 e. The van der Waals surface area contributed by atoms with Gasteiger partial charge in [-0.25, -0.2) is 4.79 Å². The minimum atomic E-state index is -0.627. The van der Waals surface area contributed by atoms with Crippen molar-refractivity contribution in [2.24, 2.45) is 0 Å². The maximum Gasteiger partial charge on any atom is 0.338 e. The Morgan fingerprint density at radius 3 is 2.54 bits per heavy atom. The van der Waals surface area contributed by atoms with E-state index in [1.54, 1.807) is 37.3 Å². The summed E-state index contributed by atoms with van der Waals surface area (Å²) >= 11 is 0. The highest BCUT2D eigenvalue weighted by Crippen LogP contribution is 2.23. The zero-order valence-corrected chi connectivity index (χ0v) is 14.4. The standard InChI is InChI=1S/C18H22N2O4/c1-6-11-22-14-9-7-13(8-10-14)16(21)23-12(2)15-19-17(20-24-15)18(3,4)5/h6-10,12H,1,11H2,2-5H3. The molecule has 0 aliphatic carbocycles. The first kappa shape index (κ1) is 17.7.